The SMILES string of the molecule is CCC(CO)COCC(O)CO. The summed E-state index contributed by atoms with van der Waals surface area (Å²) in [4.78, 5) is 0. The van der Waals surface area contributed by atoms with Crippen LogP contribution >= 0.6 is 0 Å². The van der Waals surface area contributed by atoms with Gasteiger partial charge < -0.3 is 20.1 Å². The van der Waals surface area contributed by atoms with Crippen LogP contribution in [0.1, 0.15) is 13.3 Å². The Morgan fingerprint density at radius 1 is 1.17 bits per heavy atom. The van der Waals surface area contributed by atoms with Crippen molar-refractivity contribution in [3.8, 4) is 0 Å². The largest absolute Gasteiger partial charge is 0.396 e. The maximum Gasteiger partial charge on any atom is 0.100 e. The molecule has 4 nitrogen and oxygen atoms in total. The first-order valence-electron chi connectivity index (χ1n) is 4.22. The van der Waals surface area contributed by atoms with Crippen molar-refractivity contribution in [2.45, 2.75) is 19.4 Å². The van der Waals surface area contributed by atoms with Crippen LogP contribution in [0.25, 0.3) is 0 Å². The van der Waals surface area contributed by atoms with E-state index in [1.807, 2.05) is 6.92 Å². The minimum Gasteiger partial charge on any atom is -0.396 e. The highest BCUT2D eigenvalue weighted by Gasteiger charge is 2.06. The van der Waals surface area contributed by atoms with E-state index in [0.717, 1.165) is 6.42 Å². The average Bonchev–Trinajstić information content (AvgIpc) is 2.12. The van der Waals surface area contributed by atoms with Crippen LogP contribution < -0.4 is 0 Å². The van der Waals surface area contributed by atoms with E-state index in [2.05, 4.69) is 0 Å². The molecule has 2 unspecified atom stereocenters. The Labute approximate surface area is 72.8 Å². The van der Waals surface area contributed by atoms with E-state index in [0.29, 0.717) is 6.61 Å². The van der Waals surface area contributed by atoms with Gasteiger partial charge in [0.15, 0.2) is 0 Å². The molecule has 0 aromatic heterocycles. The number of hydrogen-bond acceptors (Lipinski definition) is 4. The highest BCUT2D eigenvalue weighted by atomic mass is 16.5. The summed E-state index contributed by atoms with van der Waals surface area (Å²) in [6.45, 7) is 2.35. The highest BCUT2D eigenvalue weighted by molar-refractivity contribution is 4.54. The van der Waals surface area contributed by atoms with Crippen molar-refractivity contribution in [2.24, 2.45) is 5.92 Å². The third-order valence-electron chi connectivity index (χ3n) is 1.71. The summed E-state index contributed by atoms with van der Waals surface area (Å²) >= 11 is 0. The predicted octanol–water partition coefficient (Wildman–Crippen LogP) is -0.625. The molecule has 0 heterocycles. The maximum atomic E-state index is 8.88. The summed E-state index contributed by atoms with van der Waals surface area (Å²) in [5.74, 6) is 0.135. The van der Waals surface area contributed by atoms with Gasteiger partial charge in [0.05, 0.1) is 19.8 Å². The molecule has 3 N–H and O–H groups in total. The smallest absolute Gasteiger partial charge is 0.100 e. The van der Waals surface area contributed by atoms with E-state index in [1.165, 1.54) is 0 Å². The molecule has 4 heteroatoms. The molecule has 12 heavy (non-hydrogen) atoms. The predicted molar refractivity (Wildman–Crippen MR) is 44.8 cm³/mol. The van der Waals surface area contributed by atoms with E-state index in [4.69, 9.17) is 20.1 Å². The van der Waals surface area contributed by atoms with Crippen LogP contribution in [0.15, 0.2) is 0 Å². The van der Waals surface area contributed by atoms with Crippen LogP contribution in [-0.2, 0) is 4.74 Å². The van der Waals surface area contributed by atoms with Gasteiger partial charge in [0, 0.05) is 12.5 Å². The van der Waals surface area contributed by atoms with Crippen molar-refractivity contribution >= 4 is 0 Å². The van der Waals surface area contributed by atoms with Gasteiger partial charge in [-0.1, -0.05) is 6.92 Å². The summed E-state index contributed by atoms with van der Waals surface area (Å²) in [7, 11) is 0. The van der Waals surface area contributed by atoms with Gasteiger partial charge in [-0.05, 0) is 6.42 Å². The first-order valence-corrected chi connectivity index (χ1v) is 4.22. The van der Waals surface area contributed by atoms with Crippen molar-refractivity contribution in [3.63, 3.8) is 0 Å². The standard InChI is InChI=1S/C8H18O4/c1-2-7(3-9)5-12-6-8(11)4-10/h7-11H,2-6H2,1H3. The van der Waals surface area contributed by atoms with Gasteiger partial charge in [-0.3, -0.25) is 0 Å². The third kappa shape index (κ3) is 5.49. The molecule has 74 valence electrons. The lowest BCUT2D eigenvalue weighted by Gasteiger charge is -2.13. The van der Waals surface area contributed by atoms with Crippen LogP contribution in [-0.4, -0.2) is 47.9 Å². The fraction of sp³-hybridized carbons (Fsp3) is 1.00. The molecule has 0 saturated heterocycles. The monoisotopic (exact) mass is 178 g/mol. The van der Waals surface area contributed by atoms with Crippen molar-refractivity contribution in [3.05, 3.63) is 0 Å². The molecule has 0 saturated carbocycles. The minimum absolute atomic E-state index is 0.103. The zero-order chi connectivity index (χ0) is 9.40. The number of rotatable bonds is 7. The molecule has 0 radical (unpaired) electrons. The molecule has 0 aromatic rings. The summed E-state index contributed by atoms with van der Waals surface area (Å²) in [5.41, 5.74) is 0. The number of ether oxygens (including phenoxy) is 1. The van der Waals surface area contributed by atoms with E-state index in [9.17, 15) is 0 Å². The second-order valence-electron chi connectivity index (χ2n) is 2.83. The molecule has 0 spiro atoms. The zero-order valence-corrected chi connectivity index (χ0v) is 7.44. The normalized spacial score (nSPS) is 16.0. The van der Waals surface area contributed by atoms with Gasteiger partial charge >= 0.3 is 0 Å². The number of aliphatic hydroxyl groups is 3. The number of hydrogen-bond donors (Lipinski definition) is 3. The Morgan fingerprint density at radius 2 is 1.83 bits per heavy atom. The van der Waals surface area contributed by atoms with Crippen LogP contribution in [0.4, 0.5) is 0 Å². The van der Waals surface area contributed by atoms with Gasteiger partial charge in [-0.25, -0.2) is 0 Å². The van der Waals surface area contributed by atoms with Gasteiger partial charge in [0.1, 0.15) is 6.10 Å². The Balaban J connectivity index is 3.28. The number of aliphatic hydroxyl groups excluding tert-OH is 3. The quantitative estimate of drug-likeness (QED) is 0.485. The summed E-state index contributed by atoms with van der Waals surface area (Å²) in [5, 5.41) is 26.1. The molecule has 0 aromatic carbocycles. The van der Waals surface area contributed by atoms with E-state index < -0.39 is 6.10 Å². The average molecular weight is 178 g/mol. The van der Waals surface area contributed by atoms with Crippen LogP contribution in [0.5, 0.6) is 0 Å². The molecular weight excluding hydrogens is 160 g/mol. The molecule has 0 aliphatic rings. The Morgan fingerprint density at radius 3 is 2.25 bits per heavy atom. The second kappa shape index (κ2) is 7.49. The van der Waals surface area contributed by atoms with Crippen LogP contribution in [0.2, 0.25) is 0 Å². The summed E-state index contributed by atoms with van der Waals surface area (Å²) < 4.78 is 5.06. The van der Waals surface area contributed by atoms with E-state index >= 15 is 0 Å². The molecule has 0 fully saturated rings. The second-order valence-corrected chi connectivity index (χ2v) is 2.83. The Kier molecular flexibility index (Phi) is 7.39. The Hall–Kier alpha value is -0.160. The van der Waals surface area contributed by atoms with Gasteiger partial charge in [-0.2, -0.15) is 0 Å². The first-order chi connectivity index (χ1) is 5.74. The van der Waals surface area contributed by atoms with Crippen LogP contribution in [0.3, 0.4) is 0 Å². The molecule has 0 aliphatic heterocycles. The molecule has 0 amide bonds. The van der Waals surface area contributed by atoms with Crippen molar-refractivity contribution < 1.29 is 20.1 Å². The molecular formula is C8H18O4. The van der Waals surface area contributed by atoms with Gasteiger partial charge in [-0.15, -0.1) is 0 Å². The highest BCUT2D eigenvalue weighted by Crippen LogP contribution is 2.01. The zero-order valence-electron chi connectivity index (χ0n) is 7.44. The van der Waals surface area contributed by atoms with Crippen LogP contribution in [0, 0.1) is 5.92 Å². The Bertz CT molecular complexity index is 93.1. The first kappa shape index (κ1) is 11.8. The lowest BCUT2D eigenvalue weighted by atomic mass is 10.1. The third-order valence-corrected chi connectivity index (χ3v) is 1.71. The van der Waals surface area contributed by atoms with Gasteiger partial charge in [0.25, 0.3) is 0 Å². The van der Waals surface area contributed by atoms with Crippen molar-refractivity contribution in [1.82, 2.24) is 0 Å². The van der Waals surface area contributed by atoms with Crippen molar-refractivity contribution in [1.29, 1.82) is 0 Å². The van der Waals surface area contributed by atoms with E-state index in [1.54, 1.807) is 0 Å². The van der Waals surface area contributed by atoms with Gasteiger partial charge in [0.2, 0.25) is 0 Å². The minimum atomic E-state index is -0.804. The summed E-state index contributed by atoms with van der Waals surface area (Å²) in [6, 6.07) is 0. The fourth-order valence-corrected chi connectivity index (χ4v) is 0.723. The summed E-state index contributed by atoms with van der Waals surface area (Å²) in [6.07, 6.45) is 0.0485. The molecule has 0 bridgehead atoms. The fourth-order valence-electron chi connectivity index (χ4n) is 0.723. The lowest BCUT2D eigenvalue weighted by Crippen LogP contribution is -2.22. The topological polar surface area (TPSA) is 69.9 Å². The lowest BCUT2D eigenvalue weighted by molar-refractivity contribution is -0.0112. The van der Waals surface area contributed by atoms with Crippen molar-refractivity contribution in [2.75, 3.05) is 26.4 Å². The molecule has 0 rings (SSSR count). The molecule has 0 aliphatic carbocycles. The maximum absolute atomic E-state index is 8.88. The molecule has 2 atom stereocenters. The van der Waals surface area contributed by atoms with E-state index in [-0.39, 0.29) is 25.7 Å².